The van der Waals surface area contributed by atoms with Crippen LogP contribution in [-0.2, 0) is 19.1 Å². The maximum Gasteiger partial charge on any atom is 0.310 e. The molecule has 3 rings (SSSR count). The largest absolute Gasteiger partial charge is 0.481 e. The van der Waals surface area contributed by atoms with E-state index < -0.39 is 30.0 Å². The number of rotatable bonds is 5. The van der Waals surface area contributed by atoms with E-state index in [2.05, 4.69) is 10.2 Å². The van der Waals surface area contributed by atoms with E-state index in [1.54, 1.807) is 12.2 Å². The third-order valence-electron chi connectivity index (χ3n) is 4.32. The maximum absolute atomic E-state index is 12.3. The van der Waals surface area contributed by atoms with Gasteiger partial charge in [-0.15, -0.1) is 0 Å². The topological polar surface area (TPSA) is 88.1 Å². The Bertz CT molecular complexity index is 447. The highest BCUT2D eigenvalue weighted by atomic mass is 16.5. The number of carbonyl (C=O) groups excluding carboxylic acids is 1. The molecule has 0 aromatic carbocycles. The molecule has 0 aromatic rings. The van der Waals surface area contributed by atoms with Gasteiger partial charge in [0.05, 0.1) is 31.3 Å². The van der Waals surface area contributed by atoms with Crippen molar-refractivity contribution in [3.63, 3.8) is 0 Å². The van der Waals surface area contributed by atoms with Gasteiger partial charge >= 0.3 is 5.97 Å². The molecule has 21 heavy (non-hydrogen) atoms. The Morgan fingerprint density at radius 2 is 1.86 bits per heavy atom. The maximum atomic E-state index is 12.3. The van der Waals surface area contributed by atoms with Crippen LogP contribution in [0.3, 0.4) is 0 Å². The van der Waals surface area contributed by atoms with Crippen molar-refractivity contribution in [2.75, 3.05) is 39.4 Å². The highest BCUT2D eigenvalue weighted by molar-refractivity contribution is 5.87. The summed E-state index contributed by atoms with van der Waals surface area (Å²) in [5.41, 5.74) is 0. The van der Waals surface area contributed by atoms with Gasteiger partial charge in [-0.25, -0.2) is 0 Å². The lowest BCUT2D eigenvalue weighted by molar-refractivity contribution is -0.146. The summed E-state index contributed by atoms with van der Waals surface area (Å²) in [5, 5.41) is 12.1. The number of morpholine rings is 1. The highest BCUT2D eigenvalue weighted by Crippen LogP contribution is 2.39. The van der Waals surface area contributed by atoms with Gasteiger partial charge in [0.2, 0.25) is 5.91 Å². The van der Waals surface area contributed by atoms with E-state index in [0.717, 1.165) is 32.8 Å². The molecule has 1 amide bonds. The molecule has 3 aliphatic rings. The van der Waals surface area contributed by atoms with E-state index in [9.17, 15) is 14.7 Å². The molecule has 0 radical (unpaired) electrons. The molecule has 2 N–H and O–H groups in total. The number of ether oxygens (including phenoxy) is 2. The minimum atomic E-state index is -0.972. The Labute approximate surface area is 122 Å². The fourth-order valence-corrected chi connectivity index (χ4v) is 3.19. The Balaban J connectivity index is 1.50. The van der Waals surface area contributed by atoms with E-state index >= 15 is 0 Å². The minimum absolute atomic E-state index is 0.229. The standard InChI is InChI=1S/C14H20N2O5/c17-13(15-3-4-16-5-7-20-8-6-16)11-9-1-2-10(21-9)12(11)14(18)19/h1-2,9-12H,3-8H2,(H,15,17)(H,18,19)/t9-,10-,11-,12+/m1/s1. The van der Waals surface area contributed by atoms with Gasteiger partial charge in [0, 0.05) is 26.2 Å². The van der Waals surface area contributed by atoms with Crippen molar-refractivity contribution in [3.05, 3.63) is 12.2 Å². The molecule has 3 heterocycles. The second-order valence-electron chi connectivity index (χ2n) is 5.59. The first-order valence-electron chi connectivity index (χ1n) is 7.31. The quantitative estimate of drug-likeness (QED) is 0.639. The minimum Gasteiger partial charge on any atom is -0.481 e. The van der Waals surface area contributed by atoms with Crippen LogP contribution in [0.4, 0.5) is 0 Å². The summed E-state index contributed by atoms with van der Waals surface area (Å²) in [5.74, 6) is -2.60. The Morgan fingerprint density at radius 3 is 2.52 bits per heavy atom. The SMILES string of the molecule is O=C(O)[C@@H]1[C@H](C(=O)NCCN2CCOCC2)[C@H]2C=C[C@H]1O2. The van der Waals surface area contributed by atoms with E-state index in [1.165, 1.54) is 0 Å². The molecule has 116 valence electrons. The van der Waals surface area contributed by atoms with Crippen molar-refractivity contribution in [2.24, 2.45) is 11.8 Å². The van der Waals surface area contributed by atoms with E-state index in [0.29, 0.717) is 6.54 Å². The lowest BCUT2D eigenvalue weighted by Gasteiger charge is -2.27. The first-order chi connectivity index (χ1) is 10.2. The second kappa shape index (κ2) is 6.13. The number of fused-ring (bicyclic) bond motifs is 2. The van der Waals surface area contributed by atoms with Crippen molar-refractivity contribution in [2.45, 2.75) is 12.2 Å². The first kappa shape index (κ1) is 14.5. The van der Waals surface area contributed by atoms with Crippen molar-refractivity contribution >= 4 is 11.9 Å². The molecule has 0 unspecified atom stereocenters. The fourth-order valence-electron chi connectivity index (χ4n) is 3.19. The number of nitrogens with zero attached hydrogens (tertiary/aromatic N) is 1. The number of amides is 1. The zero-order chi connectivity index (χ0) is 14.8. The Morgan fingerprint density at radius 1 is 1.19 bits per heavy atom. The van der Waals surface area contributed by atoms with Gasteiger partial charge in [0.25, 0.3) is 0 Å². The molecule has 0 spiro atoms. The third kappa shape index (κ3) is 2.95. The zero-order valence-electron chi connectivity index (χ0n) is 11.7. The lowest BCUT2D eigenvalue weighted by atomic mass is 9.82. The van der Waals surface area contributed by atoms with Crippen LogP contribution in [0.25, 0.3) is 0 Å². The number of aliphatic carboxylic acids is 1. The second-order valence-corrected chi connectivity index (χ2v) is 5.59. The highest BCUT2D eigenvalue weighted by Gasteiger charge is 2.53. The van der Waals surface area contributed by atoms with Gasteiger partial charge in [0.15, 0.2) is 0 Å². The van der Waals surface area contributed by atoms with Crippen molar-refractivity contribution in [1.29, 1.82) is 0 Å². The third-order valence-corrected chi connectivity index (χ3v) is 4.32. The molecule has 4 atom stereocenters. The molecule has 0 saturated carbocycles. The number of hydrogen-bond acceptors (Lipinski definition) is 5. The first-order valence-corrected chi connectivity index (χ1v) is 7.31. The van der Waals surface area contributed by atoms with Crippen LogP contribution in [0, 0.1) is 11.8 Å². The van der Waals surface area contributed by atoms with Gasteiger partial charge < -0.3 is 19.9 Å². The van der Waals surface area contributed by atoms with Gasteiger partial charge in [-0.1, -0.05) is 12.2 Å². The summed E-state index contributed by atoms with van der Waals surface area (Å²) in [6, 6.07) is 0. The van der Waals surface area contributed by atoms with Crippen LogP contribution in [0.2, 0.25) is 0 Å². The Kier molecular flexibility index (Phi) is 4.23. The van der Waals surface area contributed by atoms with Gasteiger partial charge in [-0.3, -0.25) is 14.5 Å². The van der Waals surface area contributed by atoms with Crippen LogP contribution >= 0.6 is 0 Å². The average Bonchev–Trinajstić information content (AvgIpc) is 3.08. The molecule has 3 aliphatic heterocycles. The van der Waals surface area contributed by atoms with Crippen molar-refractivity contribution in [1.82, 2.24) is 10.2 Å². The van der Waals surface area contributed by atoms with Crippen LogP contribution in [0.5, 0.6) is 0 Å². The van der Waals surface area contributed by atoms with Crippen LogP contribution in [0.15, 0.2) is 12.2 Å². The van der Waals surface area contributed by atoms with Crippen molar-refractivity contribution < 1.29 is 24.2 Å². The van der Waals surface area contributed by atoms with Crippen LogP contribution in [0.1, 0.15) is 0 Å². The van der Waals surface area contributed by atoms with Crippen LogP contribution < -0.4 is 5.32 Å². The Hall–Kier alpha value is -1.44. The molecular formula is C14H20N2O5. The fraction of sp³-hybridized carbons (Fsp3) is 0.714. The van der Waals surface area contributed by atoms with Gasteiger partial charge in [-0.05, 0) is 0 Å². The average molecular weight is 296 g/mol. The number of nitrogens with one attached hydrogen (secondary N) is 1. The number of hydrogen-bond donors (Lipinski definition) is 2. The summed E-state index contributed by atoms with van der Waals surface area (Å²) in [6.45, 7) is 4.45. The summed E-state index contributed by atoms with van der Waals surface area (Å²) in [6.07, 6.45) is 2.65. The number of carboxylic acids is 1. The number of carboxylic acid groups (broad SMARTS) is 1. The number of carbonyl (C=O) groups is 2. The van der Waals surface area contributed by atoms with Gasteiger partial charge in [-0.2, -0.15) is 0 Å². The molecule has 2 fully saturated rings. The molecule has 2 bridgehead atoms. The summed E-state index contributed by atoms with van der Waals surface area (Å²) in [4.78, 5) is 25.8. The van der Waals surface area contributed by atoms with E-state index in [4.69, 9.17) is 9.47 Å². The van der Waals surface area contributed by atoms with Crippen LogP contribution in [-0.4, -0.2) is 73.5 Å². The monoisotopic (exact) mass is 296 g/mol. The van der Waals surface area contributed by atoms with E-state index in [1.807, 2.05) is 0 Å². The predicted molar refractivity (Wildman–Crippen MR) is 72.7 cm³/mol. The smallest absolute Gasteiger partial charge is 0.310 e. The molecule has 7 nitrogen and oxygen atoms in total. The summed E-state index contributed by atoms with van der Waals surface area (Å²) < 4.78 is 10.8. The van der Waals surface area contributed by atoms with Crippen molar-refractivity contribution in [3.8, 4) is 0 Å². The zero-order valence-corrected chi connectivity index (χ0v) is 11.7. The molecule has 2 saturated heterocycles. The normalized spacial score (nSPS) is 35.0. The molecule has 7 heteroatoms. The molecule has 0 aliphatic carbocycles. The van der Waals surface area contributed by atoms with E-state index in [-0.39, 0.29) is 5.91 Å². The predicted octanol–water partition coefficient (Wildman–Crippen LogP) is -0.911. The summed E-state index contributed by atoms with van der Waals surface area (Å²) in [7, 11) is 0. The molecular weight excluding hydrogens is 276 g/mol. The van der Waals surface area contributed by atoms with Gasteiger partial charge in [0.1, 0.15) is 5.92 Å². The molecule has 0 aromatic heterocycles. The lowest BCUT2D eigenvalue weighted by Crippen LogP contribution is -2.46. The summed E-state index contributed by atoms with van der Waals surface area (Å²) >= 11 is 0.